The summed E-state index contributed by atoms with van der Waals surface area (Å²) in [5.74, 6) is -3.39. The Bertz CT molecular complexity index is 669. The summed E-state index contributed by atoms with van der Waals surface area (Å²) in [7, 11) is 0. The third-order valence-corrected chi connectivity index (χ3v) is 3.47. The molecule has 3 N–H and O–H groups in total. The first-order chi connectivity index (χ1) is 11.7. The summed E-state index contributed by atoms with van der Waals surface area (Å²) in [6, 6.07) is 5.06. The first kappa shape index (κ1) is 20.1. The first-order valence-electron chi connectivity index (χ1n) is 7.67. The number of benzene rings is 1. The number of carbonyl (C=O) groups is 3. The number of hydrogen-bond donors (Lipinski definition) is 3. The molecule has 0 fully saturated rings. The predicted molar refractivity (Wildman–Crippen MR) is 86.7 cm³/mol. The normalized spacial score (nSPS) is 13.8. The maximum Gasteiger partial charge on any atom is 0.326 e. The minimum atomic E-state index is -1.26. The Morgan fingerprint density at radius 1 is 1.20 bits per heavy atom. The third kappa shape index (κ3) is 6.99. The van der Waals surface area contributed by atoms with E-state index in [4.69, 9.17) is 5.26 Å². The zero-order valence-corrected chi connectivity index (χ0v) is 14.0. The Labute approximate surface area is 144 Å². The Morgan fingerprint density at radius 3 is 2.28 bits per heavy atom. The number of halogens is 1. The number of hydrogen-bond acceptors (Lipinski definition) is 4. The van der Waals surface area contributed by atoms with Crippen LogP contribution in [0.4, 0.5) is 4.39 Å². The predicted octanol–water partition coefficient (Wildman–Crippen LogP) is 0.992. The lowest BCUT2D eigenvalue weighted by Gasteiger charge is -2.21. The lowest BCUT2D eigenvalue weighted by atomic mass is 10.0. The molecule has 1 aromatic rings. The van der Waals surface area contributed by atoms with E-state index < -0.39 is 41.6 Å². The van der Waals surface area contributed by atoms with E-state index in [1.165, 1.54) is 31.2 Å². The van der Waals surface area contributed by atoms with E-state index in [0.29, 0.717) is 5.56 Å². The minimum absolute atomic E-state index is 0.0546. The zero-order chi connectivity index (χ0) is 19.0. The van der Waals surface area contributed by atoms with E-state index in [-0.39, 0.29) is 12.8 Å². The average molecular weight is 349 g/mol. The summed E-state index contributed by atoms with van der Waals surface area (Å²) in [5.41, 5.74) is 0.604. The van der Waals surface area contributed by atoms with Gasteiger partial charge in [0.1, 0.15) is 17.9 Å². The van der Waals surface area contributed by atoms with Crippen LogP contribution in [0.1, 0.15) is 25.8 Å². The van der Waals surface area contributed by atoms with Crippen molar-refractivity contribution in [2.24, 2.45) is 5.92 Å². The molecular weight excluding hydrogens is 329 g/mol. The number of aliphatic carboxylic acids is 1. The number of carboxylic acids is 1. The molecule has 1 aromatic carbocycles. The molecule has 0 aromatic heterocycles. The van der Waals surface area contributed by atoms with Crippen molar-refractivity contribution >= 4 is 17.8 Å². The highest BCUT2D eigenvalue weighted by Gasteiger charge is 2.27. The summed E-state index contributed by atoms with van der Waals surface area (Å²) >= 11 is 0. The number of carbonyl (C=O) groups excluding carboxylic acids is 2. The fourth-order valence-corrected chi connectivity index (χ4v) is 2.21. The SMILES string of the molecule is CC(=O)N[C@@H](Cc1ccc(F)cc1)C(=O)N[C@H](C[C@@H](C)C#N)C(=O)O. The van der Waals surface area contributed by atoms with Gasteiger partial charge in [0.15, 0.2) is 0 Å². The average Bonchev–Trinajstić information content (AvgIpc) is 2.54. The zero-order valence-electron chi connectivity index (χ0n) is 14.0. The van der Waals surface area contributed by atoms with E-state index in [1.54, 1.807) is 6.92 Å². The summed E-state index contributed by atoms with van der Waals surface area (Å²) in [6.45, 7) is 2.78. The van der Waals surface area contributed by atoms with Gasteiger partial charge in [0, 0.05) is 19.3 Å². The second kappa shape index (κ2) is 9.37. The Balaban J connectivity index is 2.87. The standard InChI is InChI=1S/C17H20FN3O4/c1-10(9-19)7-15(17(24)25)21-16(23)14(20-11(2)22)8-12-3-5-13(18)6-4-12/h3-6,10,14-15H,7-8H2,1-2H3,(H,20,22)(H,21,23)(H,24,25)/t10-,14+,15-/m1/s1. The summed E-state index contributed by atoms with van der Waals surface area (Å²) < 4.78 is 13.0. The molecule has 25 heavy (non-hydrogen) atoms. The van der Waals surface area contributed by atoms with Gasteiger partial charge in [0.25, 0.3) is 0 Å². The molecule has 134 valence electrons. The van der Waals surface area contributed by atoms with Crippen LogP contribution in [0, 0.1) is 23.1 Å². The Kier molecular flexibility index (Phi) is 7.53. The number of carboxylic acid groups (broad SMARTS) is 1. The van der Waals surface area contributed by atoms with Gasteiger partial charge in [-0.05, 0) is 31.0 Å². The molecule has 0 bridgehead atoms. The highest BCUT2D eigenvalue weighted by molar-refractivity contribution is 5.90. The van der Waals surface area contributed by atoms with Gasteiger partial charge in [-0.3, -0.25) is 9.59 Å². The molecule has 0 unspecified atom stereocenters. The fraction of sp³-hybridized carbons (Fsp3) is 0.412. The van der Waals surface area contributed by atoms with Crippen molar-refractivity contribution in [3.63, 3.8) is 0 Å². The molecule has 2 amide bonds. The van der Waals surface area contributed by atoms with E-state index in [1.807, 2.05) is 6.07 Å². The van der Waals surface area contributed by atoms with Crippen LogP contribution < -0.4 is 10.6 Å². The molecule has 0 spiro atoms. The van der Waals surface area contributed by atoms with E-state index in [0.717, 1.165) is 0 Å². The van der Waals surface area contributed by atoms with Crippen molar-refractivity contribution in [2.75, 3.05) is 0 Å². The summed E-state index contributed by atoms with van der Waals surface area (Å²) in [6.07, 6.45) is 0.0206. The molecule has 0 aliphatic heterocycles. The van der Waals surface area contributed by atoms with E-state index >= 15 is 0 Å². The van der Waals surface area contributed by atoms with Crippen molar-refractivity contribution in [1.82, 2.24) is 10.6 Å². The second-order valence-corrected chi connectivity index (χ2v) is 5.75. The van der Waals surface area contributed by atoms with Gasteiger partial charge in [-0.25, -0.2) is 9.18 Å². The van der Waals surface area contributed by atoms with Gasteiger partial charge in [-0.15, -0.1) is 0 Å². The van der Waals surface area contributed by atoms with Gasteiger partial charge in [-0.2, -0.15) is 5.26 Å². The maximum atomic E-state index is 13.0. The van der Waals surface area contributed by atoms with Crippen molar-refractivity contribution in [1.29, 1.82) is 5.26 Å². The number of nitriles is 1. The van der Waals surface area contributed by atoms with Crippen LogP contribution in [0.15, 0.2) is 24.3 Å². The largest absolute Gasteiger partial charge is 0.480 e. The quantitative estimate of drug-likeness (QED) is 0.647. The molecule has 0 aliphatic rings. The molecule has 8 heteroatoms. The van der Waals surface area contributed by atoms with Gasteiger partial charge in [-0.1, -0.05) is 12.1 Å². The molecule has 7 nitrogen and oxygen atoms in total. The molecule has 3 atom stereocenters. The van der Waals surface area contributed by atoms with Crippen molar-refractivity contribution < 1.29 is 23.9 Å². The number of nitrogens with one attached hydrogen (secondary N) is 2. The minimum Gasteiger partial charge on any atom is -0.480 e. The molecule has 0 saturated heterocycles. The lowest BCUT2D eigenvalue weighted by Crippen LogP contribution is -2.52. The number of nitrogens with zero attached hydrogens (tertiary/aromatic N) is 1. The van der Waals surface area contributed by atoms with Crippen molar-refractivity contribution in [2.45, 2.75) is 38.8 Å². The fourth-order valence-electron chi connectivity index (χ4n) is 2.21. The molecular formula is C17H20FN3O4. The third-order valence-electron chi connectivity index (χ3n) is 3.47. The summed E-state index contributed by atoms with van der Waals surface area (Å²) in [5, 5.41) is 22.8. The number of rotatable bonds is 8. The highest BCUT2D eigenvalue weighted by Crippen LogP contribution is 2.09. The second-order valence-electron chi connectivity index (χ2n) is 5.75. The van der Waals surface area contributed by atoms with Crippen molar-refractivity contribution in [3.05, 3.63) is 35.6 Å². The Hall–Kier alpha value is -2.95. The topological polar surface area (TPSA) is 119 Å². The molecule has 0 heterocycles. The Morgan fingerprint density at radius 2 is 1.80 bits per heavy atom. The molecule has 1 rings (SSSR count). The monoisotopic (exact) mass is 349 g/mol. The van der Waals surface area contributed by atoms with Gasteiger partial charge < -0.3 is 15.7 Å². The van der Waals surface area contributed by atoms with Crippen LogP contribution in [-0.4, -0.2) is 35.0 Å². The van der Waals surface area contributed by atoms with Crippen LogP contribution in [-0.2, 0) is 20.8 Å². The molecule has 0 radical (unpaired) electrons. The van der Waals surface area contributed by atoms with Crippen molar-refractivity contribution in [3.8, 4) is 6.07 Å². The van der Waals surface area contributed by atoms with Crippen LogP contribution in [0.5, 0.6) is 0 Å². The highest BCUT2D eigenvalue weighted by atomic mass is 19.1. The van der Waals surface area contributed by atoms with E-state index in [2.05, 4.69) is 10.6 Å². The summed E-state index contributed by atoms with van der Waals surface area (Å²) in [4.78, 5) is 35.0. The van der Waals surface area contributed by atoms with Gasteiger partial charge in [0.2, 0.25) is 11.8 Å². The van der Waals surface area contributed by atoms with Gasteiger partial charge >= 0.3 is 5.97 Å². The maximum absolute atomic E-state index is 13.0. The molecule has 0 aliphatic carbocycles. The van der Waals surface area contributed by atoms with Crippen LogP contribution in [0.25, 0.3) is 0 Å². The van der Waals surface area contributed by atoms with Crippen LogP contribution >= 0.6 is 0 Å². The first-order valence-corrected chi connectivity index (χ1v) is 7.67. The van der Waals surface area contributed by atoms with E-state index in [9.17, 15) is 23.9 Å². The number of amides is 2. The molecule has 0 saturated carbocycles. The smallest absolute Gasteiger partial charge is 0.326 e. The van der Waals surface area contributed by atoms with Gasteiger partial charge in [0.05, 0.1) is 6.07 Å². The lowest BCUT2D eigenvalue weighted by molar-refractivity contribution is -0.142. The van der Waals surface area contributed by atoms with Crippen LogP contribution in [0.3, 0.4) is 0 Å². The van der Waals surface area contributed by atoms with Crippen LogP contribution in [0.2, 0.25) is 0 Å².